The molecule has 1 fully saturated rings. The molecule has 1 saturated heterocycles. The molecule has 0 aromatic heterocycles. The molecule has 0 aromatic rings. The van der Waals surface area contributed by atoms with Crippen LogP contribution in [0.25, 0.3) is 0 Å². The molecule has 1 aliphatic rings. The van der Waals surface area contributed by atoms with Crippen molar-refractivity contribution in [1.82, 2.24) is 4.90 Å². The zero-order chi connectivity index (χ0) is 17.7. The van der Waals surface area contributed by atoms with Crippen LogP contribution in [0.15, 0.2) is 24.8 Å². The molecule has 0 bridgehead atoms. The highest BCUT2D eigenvalue weighted by Gasteiger charge is 2.43. The molecule has 4 nitrogen and oxygen atoms in total. The van der Waals surface area contributed by atoms with E-state index in [2.05, 4.69) is 75.2 Å². The van der Waals surface area contributed by atoms with E-state index in [0.29, 0.717) is 6.54 Å². The number of carbonyl (C=O) groups excluding carboxylic acids is 1. The topological polar surface area (TPSA) is 38.8 Å². The van der Waals surface area contributed by atoms with Crippen LogP contribution in [0.1, 0.15) is 27.2 Å². The first-order chi connectivity index (χ1) is 10.6. The van der Waals surface area contributed by atoms with Crippen molar-refractivity contribution < 1.29 is 14.0 Å². The number of nitrogens with zero attached hydrogens (tertiary/aromatic N) is 1. The first kappa shape index (κ1) is 20.7. The Bertz CT molecular complexity index is 446. The van der Waals surface area contributed by atoms with Crippen LogP contribution in [0.2, 0.25) is 18.1 Å². The van der Waals surface area contributed by atoms with Crippen molar-refractivity contribution in [1.29, 1.82) is 0 Å². The van der Waals surface area contributed by atoms with E-state index < -0.39 is 8.32 Å². The maximum atomic E-state index is 12.3. The molecule has 0 spiro atoms. The number of carbonyl (C=O) groups is 1. The van der Waals surface area contributed by atoms with Crippen LogP contribution in [-0.2, 0) is 9.16 Å². The van der Waals surface area contributed by atoms with Crippen molar-refractivity contribution in [3.05, 3.63) is 24.8 Å². The predicted molar refractivity (Wildman–Crippen MR) is 107 cm³/mol. The Morgan fingerprint density at radius 1 is 1.43 bits per heavy atom. The minimum atomic E-state index is -1.84. The summed E-state index contributed by atoms with van der Waals surface area (Å²) in [4.78, 5) is 14.0. The number of allylic oxidation sites excluding steroid dienone is 1. The highest BCUT2D eigenvalue weighted by molar-refractivity contribution is 14.1. The summed E-state index contributed by atoms with van der Waals surface area (Å²) >= 11 is 2.30. The van der Waals surface area contributed by atoms with Crippen LogP contribution in [0.4, 0.5) is 4.79 Å². The predicted octanol–water partition coefficient (Wildman–Crippen LogP) is 4.76. The number of likely N-dealkylation sites (tertiary alicyclic amines) is 1. The van der Waals surface area contributed by atoms with Crippen LogP contribution in [-0.4, -0.2) is 49.0 Å². The van der Waals surface area contributed by atoms with Gasteiger partial charge < -0.3 is 9.16 Å². The van der Waals surface area contributed by atoms with Crippen molar-refractivity contribution >= 4 is 37.0 Å². The van der Waals surface area contributed by atoms with Crippen LogP contribution in [0, 0.1) is 0 Å². The van der Waals surface area contributed by atoms with Gasteiger partial charge in [0.25, 0.3) is 0 Å². The Labute approximate surface area is 155 Å². The average molecular weight is 451 g/mol. The van der Waals surface area contributed by atoms with Crippen LogP contribution in [0.5, 0.6) is 0 Å². The number of halogens is 1. The summed E-state index contributed by atoms with van der Waals surface area (Å²) in [6.45, 7) is 15.6. The molecular formula is C17H30INO3Si. The third kappa shape index (κ3) is 5.90. The maximum absolute atomic E-state index is 12.3. The lowest BCUT2D eigenvalue weighted by Gasteiger charge is -2.38. The monoisotopic (exact) mass is 451 g/mol. The van der Waals surface area contributed by atoms with Crippen molar-refractivity contribution in [2.75, 3.05) is 17.6 Å². The molecule has 1 rings (SSSR count). The number of hydrogen-bond donors (Lipinski definition) is 0. The first-order valence-corrected chi connectivity index (χ1v) is 12.5. The number of hydrogen-bond acceptors (Lipinski definition) is 3. The summed E-state index contributed by atoms with van der Waals surface area (Å²) in [5, 5.41) is 0.164. The Kier molecular flexibility index (Phi) is 7.80. The third-order valence-electron chi connectivity index (χ3n) is 4.58. The second-order valence-corrected chi connectivity index (χ2v) is 13.0. The quantitative estimate of drug-likeness (QED) is 0.253. The van der Waals surface area contributed by atoms with Gasteiger partial charge in [0.1, 0.15) is 6.61 Å². The second kappa shape index (κ2) is 8.67. The fourth-order valence-corrected chi connectivity index (χ4v) is 3.97. The summed E-state index contributed by atoms with van der Waals surface area (Å²) in [6.07, 6.45) is 6.41. The van der Waals surface area contributed by atoms with Gasteiger partial charge in [-0.2, -0.15) is 0 Å². The van der Waals surface area contributed by atoms with E-state index in [-0.39, 0.29) is 29.9 Å². The zero-order valence-corrected chi connectivity index (χ0v) is 18.1. The Morgan fingerprint density at radius 2 is 2.09 bits per heavy atom. The van der Waals surface area contributed by atoms with Crippen molar-refractivity contribution in [3.63, 3.8) is 0 Å². The first-order valence-electron chi connectivity index (χ1n) is 8.07. The Morgan fingerprint density at radius 3 is 2.61 bits per heavy atom. The normalized spacial score (nSPS) is 22.6. The van der Waals surface area contributed by atoms with E-state index in [1.807, 2.05) is 0 Å². The number of rotatable bonds is 6. The highest BCUT2D eigenvalue weighted by Crippen LogP contribution is 2.39. The molecule has 0 radical (unpaired) electrons. The lowest BCUT2D eigenvalue weighted by Crippen LogP contribution is -2.44. The molecule has 23 heavy (non-hydrogen) atoms. The summed E-state index contributed by atoms with van der Waals surface area (Å²) in [7, 11) is -1.84. The number of ether oxygens (including phenoxy) is 1. The SMILES string of the molecule is C=CCOC(=O)N1C[C@H](O[Si](C)(C)C(C)(C)C)C[C@H]1/C=C/CI. The molecule has 1 aliphatic heterocycles. The number of alkyl halides is 1. The molecule has 6 heteroatoms. The molecule has 132 valence electrons. The summed E-state index contributed by atoms with van der Waals surface area (Å²) in [6, 6.07) is 0.0526. The maximum Gasteiger partial charge on any atom is 0.410 e. The van der Waals surface area contributed by atoms with E-state index in [9.17, 15) is 4.79 Å². The molecule has 1 heterocycles. The summed E-state index contributed by atoms with van der Waals surface area (Å²) in [5.74, 6) is 0. The van der Waals surface area contributed by atoms with Gasteiger partial charge >= 0.3 is 6.09 Å². The van der Waals surface area contributed by atoms with Crippen molar-refractivity contribution in [2.24, 2.45) is 0 Å². The Hall–Kier alpha value is -0.343. The second-order valence-electron chi connectivity index (χ2n) is 7.40. The van der Waals surface area contributed by atoms with Gasteiger partial charge in [-0.05, 0) is 24.6 Å². The van der Waals surface area contributed by atoms with Crippen LogP contribution < -0.4 is 0 Å². The molecule has 0 N–H and O–H groups in total. The fourth-order valence-electron chi connectivity index (χ4n) is 2.32. The van der Waals surface area contributed by atoms with E-state index in [1.54, 1.807) is 11.0 Å². The average Bonchev–Trinajstić information content (AvgIpc) is 2.83. The van der Waals surface area contributed by atoms with Crippen LogP contribution >= 0.6 is 22.6 Å². The van der Waals surface area contributed by atoms with E-state index in [4.69, 9.17) is 9.16 Å². The number of amides is 1. The summed E-state index contributed by atoms with van der Waals surface area (Å²) in [5.41, 5.74) is 0. The van der Waals surface area contributed by atoms with Crippen molar-refractivity contribution in [2.45, 2.75) is 57.5 Å². The lowest BCUT2D eigenvalue weighted by molar-refractivity contribution is 0.108. The van der Waals surface area contributed by atoms with Gasteiger partial charge in [-0.1, -0.05) is 68.2 Å². The molecule has 2 atom stereocenters. The smallest absolute Gasteiger partial charge is 0.410 e. The van der Waals surface area contributed by atoms with Gasteiger partial charge in [0.05, 0.1) is 12.1 Å². The largest absolute Gasteiger partial charge is 0.445 e. The molecule has 0 unspecified atom stereocenters. The highest BCUT2D eigenvalue weighted by atomic mass is 127. The van der Waals surface area contributed by atoms with Crippen molar-refractivity contribution in [3.8, 4) is 0 Å². The van der Waals surface area contributed by atoms with Gasteiger partial charge in [0.2, 0.25) is 0 Å². The van der Waals surface area contributed by atoms with E-state index >= 15 is 0 Å². The van der Waals surface area contributed by atoms with Gasteiger partial charge in [0.15, 0.2) is 8.32 Å². The van der Waals surface area contributed by atoms with Crippen LogP contribution in [0.3, 0.4) is 0 Å². The van der Waals surface area contributed by atoms with E-state index in [0.717, 1.165) is 10.8 Å². The minimum absolute atomic E-state index is 0.0526. The molecule has 0 aliphatic carbocycles. The van der Waals surface area contributed by atoms with Gasteiger partial charge in [0, 0.05) is 11.0 Å². The molecular weight excluding hydrogens is 421 g/mol. The molecule has 0 saturated carbocycles. The fraction of sp³-hybridized carbons (Fsp3) is 0.706. The summed E-state index contributed by atoms with van der Waals surface area (Å²) < 4.78 is 12.6. The van der Waals surface area contributed by atoms with Gasteiger partial charge in [-0.25, -0.2) is 4.79 Å². The van der Waals surface area contributed by atoms with Gasteiger partial charge in [-0.3, -0.25) is 4.90 Å². The lowest BCUT2D eigenvalue weighted by atomic mass is 10.2. The third-order valence-corrected chi connectivity index (χ3v) is 9.62. The molecule has 1 amide bonds. The molecule has 0 aromatic carbocycles. The van der Waals surface area contributed by atoms with Gasteiger partial charge in [-0.15, -0.1) is 0 Å². The Balaban J connectivity index is 2.81. The minimum Gasteiger partial charge on any atom is -0.445 e. The standard InChI is InChI=1S/C17H30INO3Si/c1-7-11-21-16(20)19-13-15(12-14(19)9-8-10-18)22-23(5,6)17(2,3)4/h7-9,14-15H,1,10-13H2,2-6H3/b9-8+/t14-,15-/m1/s1. The zero-order valence-electron chi connectivity index (χ0n) is 15.0. The van der Waals surface area contributed by atoms with E-state index in [1.165, 1.54) is 0 Å².